The first-order chi connectivity index (χ1) is 5.58. The van der Waals surface area contributed by atoms with E-state index in [-0.39, 0.29) is 5.41 Å². The minimum Gasteiger partial charge on any atom is -0.205 e. The average molecular weight is 164 g/mol. The van der Waals surface area contributed by atoms with E-state index in [2.05, 4.69) is 56.8 Å². The third kappa shape index (κ3) is 1.66. The largest absolute Gasteiger partial charge is 0.205 e. The summed E-state index contributed by atoms with van der Waals surface area (Å²) in [6.45, 7) is 6.79. The molecular weight excluding hydrogens is 146 g/mol. The second-order valence-electron chi connectivity index (χ2n) is 3.93. The maximum absolute atomic E-state index is 2.28. The average Bonchev–Trinajstić information content (AvgIpc) is 2.05. The van der Waals surface area contributed by atoms with Crippen LogP contribution in [-0.4, -0.2) is 0 Å². The molecule has 0 bridgehead atoms. The zero-order valence-corrected chi connectivity index (χ0v) is 8.46. The lowest BCUT2D eigenvalue weighted by Gasteiger charge is -2.19. The van der Waals surface area contributed by atoms with E-state index >= 15 is 0 Å². The molecule has 1 aromatic rings. The number of pyridine rings is 1. The van der Waals surface area contributed by atoms with Gasteiger partial charge < -0.3 is 0 Å². The van der Waals surface area contributed by atoms with E-state index in [1.807, 2.05) is 0 Å². The van der Waals surface area contributed by atoms with Gasteiger partial charge in [0.2, 0.25) is 0 Å². The Kier molecular flexibility index (Phi) is 2.51. The third-order valence-corrected chi connectivity index (χ3v) is 2.63. The van der Waals surface area contributed by atoms with Crippen molar-refractivity contribution in [2.75, 3.05) is 0 Å². The zero-order chi connectivity index (χ0) is 9.19. The maximum Gasteiger partial charge on any atom is 0.186 e. The van der Waals surface area contributed by atoms with Gasteiger partial charge in [-0.3, -0.25) is 0 Å². The predicted octanol–water partition coefficient (Wildman–Crippen LogP) is 2.20. The number of hydrogen-bond acceptors (Lipinski definition) is 0. The standard InChI is InChI=1S/C11H18N/c1-5-11(2,3)10-8-6-7-9-12(10)4/h6-9H,5H2,1-4H3/q+1. The highest BCUT2D eigenvalue weighted by molar-refractivity contribution is 5.08. The minimum atomic E-state index is 0.288. The maximum atomic E-state index is 2.28. The van der Waals surface area contributed by atoms with Crippen molar-refractivity contribution in [1.82, 2.24) is 0 Å². The van der Waals surface area contributed by atoms with Crippen LogP contribution in [-0.2, 0) is 12.5 Å². The Hall–Kier alpha value is -0.850. The van der Waals surface area contributed by atoms with Crippen molar-refractivity contribution < 1.29 is 4.57 Å². The fourth-order valence-corrected chi connectivity index (χ4v) is 1.41. The molecule has 0 N–H and O–H groups in total. The molecule has 0 aromatic carbocycles. The van der Waals surface area contributed by atoms with Crippen molar-refractivity contribution in [3.8, 4) is 0 Å². The molecule has 1 rings (SSSR count). The SMILES string of the molecule is CCC(C)(C)c1cccc[n+]1C. The highest BCUT2D eigenvalue weighted by Crippen LogP contribution is 2.22. The van der Waals surface area contributed by atoms with Gasteiger partial charge in [0.25, 0.3) is 0 Å². The van der Waals surface area contributed by atoms with Crippen LogP contribution in [0.15, 0.2) is 24.4 Å². The molecular formula is C11H18N+. The lowest BCUT2D eigenvalue weighted by Crippen LogP contribution is -2.39. The smallest absolute Gasteiger partial charge is 0.186 e. The Bertz CT molecular complexity index is 263. The van der Waals surface area contributed by atoms with Crippen LogP contribution in [0, 0.1) is 0 Å². The highest BCUT2D eigenvalue weighted by atomic mass is 14.9. The van der Waals surface area contributed by atoms with Crippen molar-refractivity contribution in [2.45, 2.75) is 32.6 Å². The second-order valence-corrected chi connectivity index (χ2v) is 3.93. The summed E-state index contributed by atoms with van der Waals surface area (Å²) in [5.41, 5.74) is 1.68. The molecule has 0 saturated carbocycles. The second kappa shape index (κ2) is 3.26. The van der Waals surface area contributed by atoms with E-state index in [9.17, 15) is 0 Å². The number of nitrogens with zero attached hydrogens (tertiary/aromatic N) is 1. The monoisotopic (exact) mass is 164 g/mol. The topological polar surface area (TPSA) is 3.88 Å². The molecule has 1 aromatic heterocycles. The van der Waals surface area contributed by atoms with Gasteiger partial charge in [-0.05, 0) is 20.3 Å². The Labute approximate surface area is 75.1 Å². The first-order valence-electron chi connectivity index (χ1n) is 4.53. The number of aromatic nitrogens is 1. The molecule has 0 aliphatic carbocycles. The third-order valence-electron chi connectivity index (χ3n) is 2.63. The van der Waals surface area contributed by atoms with E-state index in [1.165, 1.54) is 12.1 Å². The molecule has 1 nitrogen and oxygen atoms in total. The quantitative estimate of drug-likeness (QED) is 0.590. The number of aryl methyl sites for hydroxylation is 1. The molecule has 0 aliphatic rings. The van der Waals surface area contributed by atoms with Crippen molar-refractivity contribution in [3.63, 3.8) is 0 Å². The molecule has 12 heavy (non-hydrogen) atoms. The summed E-state index contributed by atoms with van der Waals surface area (Å²) in [5.74, 6) is 0. The van der Waals surface area contributed by atoms with Crippen molar-refractivity contribution >= 4 is 0 Å². The van der Waals surface area contributed by atoms with E-state index < -0.39 is 0 Å². The molecule has 0 saturated heterocycles. The van der Waals surface area contributed by atoms with E-state index in [1.54, 1.807) is 0 Å². The lowest BCUT2D eigenvalue weighted by atomic mass is 9.86. The molecule has 0 radical (unpaired) electrons. The van der Waals surface area contributed by atoms with Gasteiger partial charge in [0.15, 0.2) is 11.9 Å². The van der Waals surface area contributed by atoms with Crippen LogP contribution < -0.4 is 4.57 Å². The van der Waals surface area contributed by atoms with Gasteiger partial charge in [0.05, 0.1) is 0 Å². The highest BCUT2D eigenvalue weighted by Gasteiger charge is 2.25. The molecule has 1 heteroatoms. The molecule has 0 amide bonds. The molecule has 0 aliphatic heterocycles. The van der Waals surface area contributed by atoms with Crippen molar-refractivity contribution in [1.29, 1.82) is 0 Å². The van der Waals surface area contributed by atoms with E-state index in [4.69, 9.17) is 0 Å². The van der Waals surface area contributed by atoms with Gasteiger partial charge in [0.1, 0.15) is 7.05 Å². The van der Waals surface area contributed by atoms with Gasteiger partial charge in [-0.15, -0.1) is 0 Å². The minimum absolute atomic E-state index is 0.288. The normalized spacial score (nSPS) is 11.7. The Balaban J connectivity index is 3.10. The summed E-state index contributed by atoms with van der Waals surface area (Å²) < 4.78 is 2.20. The Morgan fingerprint density at radius 3 is 2.50 bits per heavy atom. The van der Waals surface area contributed by atoms with Crippen LogP contribution >= 0.6 is 0 Å². The Morgan fingerprint density at radius 1 is 1.33 bits per heavy atom. The van der Waals surface area contributed by atoms with Crippen LogP contribution in [0.3, 0.4) is 0 Å². The summed E-state index contributed by atoms with van der Waals surface area (Å²) in [4.78, 5) is 0. The van der Waals surface area contributed by atoms with Crippen molar-refractivity contribution in [3.05, 3.63) is 30.1 Å². The first-order valence-corrected chi connectivity index (χ1v) is 4.53. The molecule has 0 spiro atoms. The number of hydrogen-bond donors (Lipinski definition) is 0. The lowest BCUT2D eigenvalue weighted by molar-refractivity contribution is -0.682. The van der Waals surface area contributed by atoms with Gasteiger partial charge in [-0.2, -0.15) is 0 Å². The van der Waals surface area contributed by atoms with E-state index in [0.717, 1.165) is 0 Å². The molecule has 0 unspecified atom stereocenters. The van der Waals surface area contributed by atoms with Crippen LogP contribution in [0.2, 0.25) is 0 Å². The van der Waals surface area contributed by atoms with Gasteiger partial charge in [0, 0.05) is 17.5 Å². The van der Waals surface area contributed by atoms with Crippen LogP contribution in [0.5, 0.6) is 0 Å². The Morgan fingerprint density at radius 2 is 2.00 bits per heavy atom. The van der Waals surface area contributed by atoms with Gasteiger partial charge >= 0.3 is 0 Å². The molecule has 0 fully saturated rings. The van der Waals surface area contributed by atoms with E-state index in [0.29, 0.717) is 0 Å². The first kappa shape index (κ1) is 9.24. The molecule has 0 atom stereocenters. The fraction of sp³-hybridized carbons (Fsp3) is 0.545. The van der Waals surface area contributed by atoms with Gasteiger partial charge in [-0.1, -0.05) is 13.0 Å². The summed E-state index contributed by atoms with van der Waals surface area (Å²) in [6.07, 6.45) is 3.28. The molecule has 1 heterocycles. The summed E-state index contributed by atoms with van der Waals surface area (Å²) in [7, 11) is 2.10. The fourth-order valence-electron chi connectivity index (χ4n) is 1.41. The zero-order valence-electron chi connectivity index (χ0n) is 8.46. The number of rotatable bonds is 2. The van der Waals surface area contributed by atoms with Crippen molar-refractivity contribution in [2.24, 2.45) is 7.05 Å². The summed E-state index contributed by atoms with van der Waals surface area (Å²) in [6, 6.07) is 6.37. The summed E-state index contributed by atoms with van der Waals surface area (Å²) in [5, 5.41) is 0. The van der Waals surface area contributed by atoms with Gasteiger partial charge in [-0.25, -0.2) is 4.57 Å². The predicted molar refractivity (Wildman–Crippen MR) is 50.9 cm³/mol. The summed E-state index contributed by atoms with van der Waals surface area (Å²) >= 11 is 0. The van der Waals surface area contributed by atoms with Crippen LogP contribution in [0.25, 0.3) is 0 Å². The van der Waals surface area contributed by atoms with Crippen LogP contribution in [0.1, 0.15) is 32.9 Å². The van der Waals surface area contributed by atoms with Crippen LogP contribution in [0.4, 0.5) is 0 Å². The molecule has 66 valence electrons.